The number of ketones is 1. The third kappa shape index (κ3) is 1.58. The van der Waals surface area contributed by atoms with Gasteiger partial charge in [0.1, 0.15) is 0 Å². The maximum Gasteiger partial charge on any atom is 0.213 e. The lowest BCUT2D eigenvalue weighted by Gasteiger charge is -2.09. The lowest BCUT2D eigenvalue weighted by molar-refractivity contribution is 0.0996. The van der Waals surface area contributed by atoms with Crippen LogP contribution in [0.15, 0.2) is 18.3 Å². The number of hydrogen-bond acceptors (Lipinski definition) is 3. The molecule has 0 unspecified atom stereocenters. The van der Waals surface area contributed by atoms with Gasteiger partial charge in [-0.05, 0) is 42.8 Å². The van der Waals surface area contributed by atoms with Crippen molar-refractivity contribution in [2.24, 2.45) is 0 Å². The number of aryl methyl sites for hydroxylation is 1. The van der Waals surface area contributed by atoms with Gasteiger partial charge in [0.2, 0.25) is 5.88 Å². The Bertz CT molecular complexity index is 646. The predicted molar refractivity (Wildman–Crippen MR) is 70.3 cm³/mol. The first kappa shape index (κ1) is 11.2. The molecule has 3 heteroatoms. The summed E-state index contributed by atoms with van der Waals surface area (Å²) < 4.78 is 5.42. The second-order valence-corrected chi connectivity index (χ2v) is 4.65. The molecule has 3 nitrogen and oxygen atoms in total. The zero-order valence-electron chi connectivity index (χ0n) is 10.6. The van der Waals surface area contributed by atoms with Gasteiger partial charge in [0.25, 0.3) is 0 Å². The van der Waals surface area contributed by atoms with Crippen molar-refractivity contribution in [1.82, 2.24) is 4.98 Å². The summed E-state index contributed by atoms with van der Waals surface area (Å²) in [4.78, 5) is 16.3. The van der Waals surface area contributed by atoms with E-state index in [1.165, 1.54) is 11.1 Å². The van der Waals surface area contributed by atoms with Crippen LogP contribution in [-0.4, -0.2) is 17.4 Å². The summed E-state index contributed by atoms with van der Waals surface area (Å²) in [5, 5.41) is 2.00. The summed E-state index contributed by atoms with van der Waals surface area (Å²) >= 11 is 0. The number of hydrogen-bond donors (Lipinski definition) is 0. The maximum atomic E-state index is 12.0. The molecule has 0 radical (unpaired) electrons. The van der Waals surface area contributed by atoms with Crippen molar-refractivity contribution in [3.8, 4) is 5.88 Å². The van der Waals surface area contributed by atoms with Crippen LogP contribution < -0.4 is 4.74 Å². The first-order chi connectivity index (χ1) is 8.70. The minimum absolute atomic E-state index is 0.243. The monoisotopic (exact) mass is 241 g/mol. The van der Waals surface area contributed by atoms with Crippen LogP contribution >= 0.6 is 0 Å². The minimum Gasteiger partial charge on any atom is -0.478 e. The van der Waals surface area contributed by atoms with Crippen molar-refractivity contribution < 1.29 is 9.53 Å². The fourth-order valence-electron chi connectivity index (χ4n) is 2.69. The van der Waals surface area contributed by atoms with Crippen molar-refractivity contribution in [1.29, 1.82) is 0 Å². The highest BCUT2D eigenvalue weighted by Crippen LogP contribution is 2.33. The number of Topliss-reactive ketones (excluding diaryl/α,β-unsaturated/α-hetero) is 1. The molecule has 1 aromatic carbocycles. The third-order valence-electron chi connectivity index (χ3n) is 3.50. The Hall–Kier alpha value is -1.90. The van der Waals surface area contributed by atoms with Crippen molar-refractivity contribution in [2.75, 3.05) is 6.61 Å². The highest BCUT2D eigenvalue weighted by molar-refractivity contribution is 6.12. The van der Waals surface area contributed by atoms with E-state index < -0.39 is 0 Å². The average molecular weight is 241 g/mol. The van der Waals surface area contributed by atoms with Crippen LogP contribution in [0.1, 0.15) is 34.8 Å². The Labute approximate surface area is 106 Å². The molecule has 1 aromatic heterocycles. The Morgan fingerprint density at radius 2 is 2.17 bits per heavy atom. The molecule has 0 fully saturated rings. The van der Waals surface area contributed by atoms with E-state index in [1.807, 2.05) is 13.0 Å². The molecule has 1 heterocycles. The normalized spacial score (nSPS) is 14.0. The summed E-state index contributed by atoms with van der Waals surface area (Å²) in [6.07, 6.45) is 3.28. The van der Waals surface area contributed by atoms with Gasteiger partial charge in [0.05, 0.1) is 6.61 Å². The van der Waals surface area contributed by atoms with E-state index in [-0.39, 0.29) is 5.78 Å². The van der Waals surface area contributed by atoms with Gasteiger partial charge < -0.3 is 4.74 Å². The molecule has 0 aliphatic heterocycles. The van der Waals surface area contributed by atoms with E-state index in [4.69, 9.17) is 4.74 Å². The van der Waals surface area contributed by atoms with E-state index in [1.54, 1.807) is 6.20 Å². The van der Waals surface area contributed by atoms with Gasteiger partial charge in [-0.25, -0.2) is 4.98 Å². The molecule has 92 valence electrons. The topological polar surface area (TPSA) is 39.2 Å². The number of carbonyl (C=O) groups is 1. The molecule has 3 rings (SSSR count). The molecule has 0 saturated heterocycles. The van der Waals surface area contributed by atoms with E-state index in [9.17, 15) is 4.79 Å². The van der Waals surface area contributed by atoms with Crippen LogP contribution in [0.3, 0.4) is 0 Å². The molecule has 0 saturated carbocycles. The van der Waals surface area contributed by atoms with Crippen LogP contribution in [0.25, 0.3) is 10.8 Å². The zero-order valence-corrected chi connectivity index (χ0v) is 10.6. The number of fused-ring (bicyclic) bond motifs is 3. The fraction of sp³-hybridized carbons (Fsp3) is 0.333. The van der Waals surface area contributed by atoms with Gasteiger partial charge in [0.15, 0.2) is 5.78 Å². The van der Waals surface area contributed by atoms with E-state index in [0.717, 1.165) is 22.8 Å². The molecule has 0 atom stereocenters. The molecule has 0 spiro atoms. The lowest BCUT2D eigenvalue weighted by atomic mass is 9.97. The number of aromatic nitrogens is 1. The van der Waals surface area contributed by atoms with E-state index in [0.29, 0.717) is 18.9 Å². The second-order valence-electron chi connectivity index (χ2n) is 4.65. The summed E-state index contributed by atoms with van der Waals surface area (Å²) in [7, 11) is 0. The minimum atomic E-state index is 0.243. The molecule has 0 amide bonds. The number of rotatable bonds is 2. The van der Waals surface area contributed by atoms with Gasteiger partial charge in [-0.15, -0.1) is 0 Å². The highest BCUT2D eigenvalue weighted by atomic mass is 16.5. The van der Waals surface area contributed by atoms with Crippen molar-refractivity contribution in [3.05, 3.63) is 35.0 Å². The number of pyridine rings is 1. The van der Waals surface area contributed by atoms with Crippen LogP contribution in [0.4, 0.5) is 0 Å². The summed E-state index contributed by atoms with van der Waals surface area (Å²) in [5.41, 5.74) is 3.27. The van der Waals surface area contributed by atoms with Gasteiger partial charge in [-0.3, -0.25) is 4.79 Å². The fourth-order valence-corrected chi connectivity index (χ4v) is 2.69. The highest BCUT2D eigenvalue weighted by Gasteiger charge is 2.24. The number of nitrogens with zero attached hydrogens (tertiary/aromatic N) is 1. The predicted octanol–water partition coefficient (Wildman–Crippen LogP) is 3.07. The molecule has 0 N–H and O–H groups in total. The van der Waals surface area contributed by atoms with Gasteiger partial charge in [-0.2, -0.15) is 0 Å². The Kier molecular flexibility index (Phi) is 2.54. The largest absolute Gasteiger partial charge is 0.478 e. The average Bonchev–Trinajstić information content (AvgIpc) is 2.74. The maximum absolute atomic E-state index is 12.0. The van der Waals surface area contributed by atoms with Crippen molar-refractivity contribution in [3.63, 3.8) is 0 Å². The van der Waals surface area contributed by atoms with Gasteiger partial charge in [0, 0.05) is 29.6 Å². The summed E-state index contributed by atoms with van der Waals surface area (Å²) in [5.74, 6) is 0.836. The number of benzene rings is 1. The quantitative estimate of drug-likeness (QED) is 0.811. The summed E-state index contributed by atoms with van der Waals surface area (Å²) in [6.45, 7) is 4.57. The van der Waals surface area contributed by atoms with Crippen LogP contribution in [0.5, 0.6) is 5.88 Å². The Morgan fingerprint density at radius 1 is 1.33 bits per heavy atom. The standard InChI is InChI=1S/C15H15NO2/c1-3-18-14-7-12-10(8-16-14)6-9(2)11-4-5-13(17)15(11)12/h6-8H,3-5H2,1-2H3. The molecule has 1 aliphatic carbocycles. The first-order valence-corrected chi connectivity index (χ1v) is 6.29. The van der Waals surface area contributed by atoms with Gasteiger partial charge >= 0.3 is 0 Å². The smallest absolute Gasteiger partial charge is 0.213 e. The van der Waals surface area contributed by atoms with Crippen LogP contribution in [0.2, 0.25) is 0 Å². The van der Waals surface area contributed by atoms with Crippen molar-refractivity contribution in [2.45, 2.75) is 26.7 Å². The molecular formula is C15H15NO2. The third-order valence-corrected chi connectivity index (χ3v) is 3.50. The first-order valence-electron chi connectivity index (χ1n) is 6.29. The lowest BCUT2D eigenvalue weighted by Crippen LogP contribution is -1.98. The number of carbonyl (C=O) groups excluding carboxylic acids is 1. The number of ether oxygens (including phenoxy) is 1. The molecule has 0 bridgehead atoms. The van der Waals surface area contributed by atoms with Crippen LogP contribution in [-0.2, 0) is 6.42 Å². The van der Waals surface area contributed by atoms with E-state index >= 15 is 0 Å². The molecule has 18 heavy (non-hydrogen) atoms. The Morgan fingerprint density at radius 3 is 2.94 bits per heavy atom. The van der Waals surface area contributed by atoms with Gasteiger partial charge in [-0.1, -0.05) is 0 Å². The second kappa shape index (κ2) is 4.09. The Balaban J connectivity index is 2.31. The molecular weight excluding hydrogens is 226 g/mol. The SMILES string of the molecule is CCOc1cc2c3c(c(C)cc2cn1)CCC3=O. The zero-order chi connectivity index (χ0) is 12.7. The van der Waals surface area contributed by atoms with Crippen LogP contribution in [0, 0.1) is 6.92 Å². The summed E-state index contributed by atoms with van der Waals surface area (Å²) in [6, 6.07) is 4.00. The van der Waals surface area contributed by atoms with Crippen molar-refractivity contribution >= 4 is 16.6 Å². The van der Waals surface area contributed by atoms with E-state index in [2.05, 4.69) is 18.0 Å². The molecule has 2 aromatic rings. The molecule has 1 aliphatic rings.